The van der Waals surface area contributed by atoms with Crippen molar-refractivity contribution in [1.82, 2.24) is 5.32 Å². The molecule has 1 heterocycles. The van der Waals surface area contributed by atoms with Crippen LogP contribution < -0.4 is 14.9 Å². The van der Waals surface area contributed by atoms with Crippen molar-refractivity contribution in [1.29, 1.82) is 0 Å². The summed E-state index contributed by atoms with van der Waals surface area (Å²) in [6, 6.07) is 14.3. The molecule has 0 saturated carbocycles. The molecule has 2 aromatic rings. The standard InChI is InChI=1S/C21H25N3O4S2/c1-15(16-7-3-4-8-17(16)23-30(2,27)28)22-20(25)11-12-21(26)24-13-14-29-19-10-6-5-9-18(19)24/h3-10,15,23H,11-14H2,1-2H3,(H,22,25). The third-order valence-corrected chi connectivity index (χ3v) is 6.33. The molecule has 30 heavy (non-hydrogen) atoms. The van der Waals surface area contributed by atoms with Gasteiger partial charge in [-0.25, -0.2) is 8.42 Å². The number of para-hydroxylation sites is 2. The van der Waals surface area contributed by atoms with Crippen LogP contribution in [0, 0.1) is 0 Å². The van der Waals surface area contributed by atoms with E-state index >= 15 is 0 Å². The molecular weight excluding hydrogens is 422 g/mol. The lowest BCUT2D eigenvalue weighted by Crippen LogP contribution is -2.36. The van der Waals surface area contributed by atoms with E-state index in [1.54, 1.807) is 47.9 Å². The Labute approximate surface area is 181 Å². The average Bonchev–Trinajstić information content (AvgIpc) is 2.70. The second-order valence-corrected chi connectivity index (χ2v) is 10.00. The summed E-state index contributed by atoms with van der Waals surface area (Å²) >= 11 is 1.72. The maximum Gasteiger partial charge on any atom is 0.229 e. The summed E-state index contributed by atoms with van der Waals surface area (Å²) in [7, 11) is -3.43. The average molecular weight is 448 g/mol. The Bertz CT molecular complexity index is 1040. The van der Waals surface area contributed by atoms with Crippen LogP contribution in [0.1, 0.15) is 31.4 Å². The predicted octanol–water partition coefficient (Wildman–Crippen LogP) is 3.15. The highest BCUT2D eigenvalue weighted by Gasteiger charge is 2.23. The van der Waals surface area contributed by atoms with Gasteiger partial charge in [-0.1, -0.05) is 30.3 Å². The molecule has 2 aromatic carbocycles. The number of thioether (sulfide) groups is 1. The maximum absolute atomic E-state index is 12.7. The van der Waals surface area contributed by atoms with Gasteiger partial charge in [-0.2, -0.15) is 0 Å². The molecule has 0 aromatic heterocycles. The van der Waals surface area contributed by atoms with Crippen LogP contribution in [-0.2, 0) is 19.6 Å². The van der Waals surface area contributed by atoms with Gasteiger partial charge in [0.2, 0.25) is 21.8 Å². The summed E-state index contributed by atoms with van der Waals surface area (Å²) in [5, 5.41) is 2.85. The highest BCUT2D eigenvalue weighted by molar-refractivity contribution is 7.99. The van der Waals surface area contributed by atoms with Crippen LogP contribution in [0.3, 0.4) is 0 Å². The minimum atomic E-state index is -3.43. The zero-order valence-corrected chi connectivity index (χ0v) is 18.6. The molecule has 0 saturated heterocycles. The summed E-state index contributed by atoms with van der Waals surface area (Å²) in [6.45, 7) is 2.41. The zero-order valence-electron chi connectivity index (χ0n) is 16.9. The lowest BCUT2D eigenvalue weighted by Gasteiger charge is -2.29. The molecule has 2 amide bonds. The number of nitrogens with one attached hydrogen (secondary N) is 2. The van der Waals surface area contributed by atoms with Gasteiger partial charge in [0.15, 0.2) is 0 Å². The quantitative estimate of drug-likeness (QED) is 0.680. The summed E-state index contributed by atoms with van der Waals surface area (Å²) in [6.07, 6.45) is 1.26. The number of anilines is 2. The number of hydrogen-bond donors (Lipinski definition) is 2. The molecule has 0 bridgehead atoms. The van der Waals surface area contributed by atoms with Crippen LogP contribution in [0.2, 0.25) is 0 Å². The van der Waals surface area contributed by atoms with E-state index in [2.05, 4.69) is 10.0 Å². The number of carbonyl (C=O) groups is 2. The molecule has 2 N–H and O–H groups in total. The first-order valence-electron chi connectivity index (χ1n) is 9.63. The fourth-order valence-electron chi connectivity index (χ4n) is 3.34. The Morgan fingerprint density at radius 1 is 1.10 bits per heavy atom. The first kappa shape index (κ1) is 22.2. The number of rotatable bonds is 7. The highest BCUT2D eigenvalue weighted by Crippen LogP contribution is 2.34. The molecular formula is C21H25N3O4S2. The van der Waals surface area contributed by atoms with Gasteiger partial charge in [-0.05, 0) is 30.7 Å². The van der Waals surface area contributed by atoms with Gasteiger partial charge in [-0.15, -0.1) is 11.8 Å². The normalized spacial score (nSPS) is 14.5. The van der Waals surface area contributed by atoms with E-state index < -0.39 is 16.1 Å². The summed E-state index contributed by atoms with van der Waals surface area (Å²) < 4.78 is 25.6. The summed E-state index contributed by atoms with van der Waals surface area (Å²) in [5.41, 5.74) is 1.98. The predicted molar refractivity (Wildman–Crippen MR) is 120 cm³/mol. The number of nitrogens with zero attached hydrogens (tertiary/aromatic N) is 1. The van der Waals surface area contributed by atoms with Gasteiger partial charge in [0.05, 0.1) is 23.7 Å². The number of fused-ring (bicyclic) bond motifs is 1. The number of hydrogen-bond acceptors (Lipinski definition) is 5. The van der Waals surface area contributed by atoms with Crippen LogP contribution in [0.4, 0.5) is 11.4 Å². The van der Waals surface area contributed by atoms with Gasteiger partial charge in [0.25, 0.3) is 0 Å². The van der Waals surface area contributed by atoms with Crippen molar-refractivity contribution >= 4 is 45.0 Å². The van der Waals surface area contributed by atoms with Gasteiger partial charge in [0.1, 0.15) is 0 Å². The molecule has 0 fully saturated rings. The maximum atomic E-state index is 12.7. The van der Waals surface area contributed by atoms with Crippen LogP contribution in [0.5, 0.6) is 0 Å². The van der Waals surface area contributed by atoms with Crippen molar-refractivity contribution in [2.45, 2.75) is 30.7 Å². The summed E-state index contributed by atoms with van der Waals surface area (Å²) in [4.78, 5) is 27.9. The van der Waals surface area contributed by atoms with Crippen molar-refractivity contribution in [2.24, 2.45) is 0 Å². The Hall–Kier alpha value is -2.52. The Morgan fingerprint density at radius 3 is 2.57 bits per heavy atom. The smallest absolute Gasteiger partial charge is 0.229 e. The largest absolute Gasteiger partial charge is 0.349 e. The molecule has 0 radical (unpaired) electrons. The van der Waals surface area contributed by atoms with E-state index in [9.17, 15) is 18.0 Å². The minimum absolute atomic E-state index is 0.0661. The van der Waals surface area contributed by atoms with Gasteiger partial charge in [0, 0.05) is 30.0 Å². The Kier molecular flexibility index (Phi) is 7.04. The van der Waals surface area contributed by atoms with Gasteiger partial charge in [-0.3, -0.25) is 14.3 Å². The van der Waals surface area contributed by atoms with E-state index in [-0.39, 0.29) is 24.7 Å². The Balaban J connectivity index is 1.59. The molecule has 1 aliphatic heterocycles. The Morgan fingerprint density at radius 2 is 1.80 bits per heavy atom. The number of benzene rings is 2. The van der Waals surface area contributed by atoms with Crippen molar-refractivity contribution in [3.05, 3.63) is 54.1 Å². The van der Waals surface area contributed by atoms with Gasteiger partial charge < -0.3 is 10.2 Å². The number of sulfonamides is 1. The molecule has 1 unspecified atom stereocenters. The molecule has 9 heteroatoms. The van der Waals surface area contributed by atoms with Crippen molar-refractivity contribution in [2.75, 3.05) is 28.2 Å². The fraction of sp³-hybridized carbons (Fsp3) is 0.333. The second kappa shape index (κ2) is 9.53. The molecule has 7 nitrogen and oxygen atoms in total. The van der Waals surface area contributed by atoms with Crippen LogP contribution >= 0.6 is 11.8 Å². The first-order chi connectivity index (χ1) is 14.2. The van der Waals surface area contributed by atoms with E-state index in [0.29, 0.717) is 17.8 Å². The second-order valence-electron chi connectivity index (χ2n) is 7.11. The summed E-state index contributed by atoms with van der Waals surface area (Å²) in [5.74, 6) is 0.491. The molecule has 3 rings (SSSR count). The number of amides is 2. The third-order valence-electron chi connectivity index (χ3n) is 4.70. The zero-order chi connectivity index (χ0) is 21.7. The van der Waals surface area contributed by atoms with Crippen LogP contribution in [0.25, 0.3) is 0 Å². The van der Waals surface area contributed by atoms with Crippen LogP contribution in [0.15, 0.2) is 53.4 Å². The lowest BCUT2D eigenvalue weighted by molar-refractivity contribution is -0.125. The van der Waals surface area contributed by atoms with Gasteiger partial charge >= 0.3 is 0 Å². The molecule has 0 spiro atoms. The highest BCUT2D eigenvalue weighted by atomic mass is 32.2. The molecule has 0 aliphatic carbocycles. The van der Waals surface area contributed by atoms with Crippen molar-refractivity contribution < 1.29 is 18.0 Å². The minimum Gasteiger partial charge on any atom is -0.349 e. The van der Waals surface area contributed by atoms with Crippen molar-refractivity contribution in [3.63, 3.8) is 0 Å². The van der Waals surface area contributed by atoms with E-state index in [1.807, 2.05) is 24.3 Å². The third kappa shape index (κ3) is 5.76. The molecule has 160 valence electrons. The van der Waals surface area contributed by atoms with E-state index in [0.717, 1.165) is 22.6 Å². The number of carbonyl (C=O) groups excluding carboxylic acids is 2. The van der Waals surface area contributed by atoms with Crippen LogP contribution in [-0.4, -0.2) is 38.8 Å². The van der Waals surface area contributed by atoms with E-state index in [4.69, 9.17) is 0 Å². The first-order valence-corrected chi connectivity index (χ1v) is 12.5. The van der Waals surface area contributed by atoms with E-state index in [1.165, 1.54) is 0 Å². The fourth-order valence-corrected chi connectivity index (χ4v) is 4.92. The monoisotopic (exact) mass is 447 g/mol. The lowest BCUT2D eigenvalue weighted by atomic mass is 10.1. The topological polar surface area (TPSA) is 95.6 Å². The molecule has 1 atom stereocenters. The SMILES string of the molecule is CC(NC(=O)CCC(=O)N1CCSc2ccccc21)c1ccccc1NS(C)(=O)=O. The molecule has 1 aliphatic rings. The van der Waals surface area contributed by atoms with Crippen molar-refractivity contribution in [3.8, 4) is 0 Å².